The Hall–Kier alpha value is -1.10. The number of oxazole rings is 1. The van der Waals surface area contributed by atoms with Gasteiger partial charge in [0.25, 0.3) is 0 Å². The number of nitrogens with one attached hydrogen (secondary N) is 2. The fourth-order valence-electron chi connectivity index (χ4n) is 0.445. The van der Waals surface area contributed by atoms with Crippen LogP contribution in [0.3, 0.4) is 0 Å². The Morgan fingerprint density at radius 3 is 3.10 bits per heavy atom. The zero-order valence-electron chi connectivity index (χ0n) is 5.42. The standard InChI is InChI=1S/C5H7N3OS/c1-6-5(10)8-4-7-2-3-9-4/h2-3H,1H3,(H2,6,7,8,10). The third-order valence-electron chi connectivity index (χ3n) is 0.880. The van der Waals surface area contributed by atoms with E-state index in [0.29, 0.717) is 11.1 Å². The van der Waals surface area contributed by atoms with E-state index in [1.165, 1.54) is 6.26 Å². The van der Waals surface area contributed by atoms with Gasteiger partial charge in [0.2, 0.25) is 0 Å². The van der Waals surface area contributed by atoms with Crippen LogP contribution in [0.4, 0.5) is 6.01 Å². The Bertz CT molecular complexity index is 209. The van der Waals surface area contributed by atoms with E-state index in [1.54, 1.807) is 13.2 Å². The zero-order chi connectivity index (χ0) is 7.40. The van der Waals surface area contributed by atoms with Gasteiger partial charge in [0.15, 0.2) is 5.11 Å². The maximum Gasteiger partial charge on any atom is 0.300 e. The SMILES string of the molecule is CNC(=S)Nc1ncco1. The predicted octanol–water partition coefficient (Wildman–Crippen LogP) is 0.591. The number of nitrogens with zero attached hydrogens (tertiary/aromatic N) is 1. The lowest BCUT2D eigenvalue weighted by Gasteiger charge is -1.99. The van der Waals surface area contributed by atoms with Crippen molar-refractivity contribution >= 4 is 23.3 Å². The molecule has 5 heteroatoms. The van der Waals surface area contributed by atoms with Crippen molar-refractivity contribution in [1.82, 2.24) is 10.3 Å². The van der Waals surface area contributed by atoms with Crippen molar-refractivity contribution in [3.63, 3.8) is 0 Å². The summed E-state index contributed by atoms with van der Waals surface area (Å²) in [7, 11) is 1.72. The van der Waals surface area contributed by atoms with Crippen LogP contribution in [0.25, 0.3) is 0 Å². The van der Waals surface area contributed by atoms with Crippen LogP contribution in [-0.4, -0.2) is 17.1 Å². The third kappa shape index (κ3) is 1.70. The highest BCUT2D eigenvalue weighted by molar-refractivity contribution is 7.80. The Labute approximate surface area is 63.6 Å². The normalized spacial score (nSPS) is 8.90. The van der Waals surface area contributed by atoms with Gasteiger partial charge in [0, 0.05) is 7.05 Å². The van der Waals surface area contributed by atoms with E-state index in [4.69, 9.17) is 16.6 Å². The smallest absolute Gasteiger partial charge is 0.300 e. The average Bonchev–Trinajstić information content (AvgIpc) is 2.40. The number of anilines is 1. The summed E-state index contributed by atoms with van der Waals surface area (Å²) in [6, 6.07) is 0.402. The molecule has 0 amide bonds. The molecule has 0 unspecified atom stereocenters. The van der Waals surface area contributed by atoms with Gasteiger partial charge in [-0.1, -0.05) is 0 Å². The minimum atomic E-state index is 0.402. The molecule has 0 spiro atoms. The second-order valence-corrected chi connectivity index (χ2v) is 1.95. The molecule has 0 fully saturated rings. The molecule has 4 nitrogen and oxygen atoms in total. The molecule has 0 aliphatic carbocycles. The van der Waals surface area contributed by atoms with Crippen LogP contribution in [0.15, 0.2) is 16.9 Å². The fourth-order valence-corrected chi connectivity index (χ4v) is 0.532. The number of hydrogen-bond acceptors (Lipinski definition) is 3. The number of thiocarbonyl (C=S) groups is 1. The monoisotopic (exact) mass is 157 g/mol. The van der Waals surface area contributed by atoms with Crippen LogP contribution < -0.4 is 10.6 Å². The highest BCUT2D eigenvalue weighted by atomic mass is 32.1. The van der Waals surface area contributed by atoms with E-state index in [1.807, 2.05) is 0 Å². The van der Waals surface area contributed by atoms with Crippen LogP contribution in [0.5, 0.6) is 0 Å². The Balaban J connectivity index is 2.48. The van der Waals surface area contributed by atoms with Gasteiger partial charge < -0.3 is 9.73 Å². The highest BCUT2D eigenvalue weighted by Crippen LogP contribution is 1.99. The molecule has 54 valence electrons. The van der Waals surface area contributed by atoms with Crippen molar-refractivity contribution < 1.29 is 4.42 Å². The minimum Gasteiger partial charge on any atom is -0.432 e. The van der Waals surface area contributed by atoms with E-state index in [-0.39, 0.29) is 0 Å². The fraction of sp³-hybridized carbons (Fsp3) is 0.200. The van der Waals surface area contributed by atoms with E-state index < -0.39 is 0 Å². The second kappa shape index (κ2) is 3.17. The average molecular weight is 157 g/mol. The largest absolute Gasteiger partial charge is 0.432 e. The molecule has 1 heterocycles. The van der Waals surface area contributed by atoms with Crippen molar-refractivity contribution in [3.8, 4) is 0 Å². The summed E-state index contributed by atoms with van der Waals surface area (Å²) >= 11 is 4.78. The molecule has 0 saturated heterocycles. The van der Waals surface area contributed by atoms with Crippen molar-refractivity contribution in [2.24, 2.45) is 0 Å². The maximum atomic E-state index is 4.86. The van der Waals surface area contributed by atoms with E-state index >= 15 is 0 Å². The minimum absolute atomic E-state index is 0.402. The van der Waals surface area contributed by atoms with E-state index in [0.717, 1.165) is 0 Å². The van der Waals surface area contributed by atoms with Crippen molar-refractivity contribution in [3.05, 3.63) is 12.5 Å². The van der Waals surface area contributed by atoms with E-state index in [2.05, 4.69) is 15.6 Å². The topological polar surface area (TPSA) is 50.1 Å². The van der Waals surface area contributed by atoms with Gasteiger partial charge in [0.1, 0.15) is 6.26 Å². The predicted molar refractivity (Wildman–Crippen MR) is 41.8 cm³/mol. The van der Waals surface area contributed by atoms with Gasteiger partial charge in [0.05, 0.1) is 6.20 Å². The molecular formula is C5H7N3OS. The quantitative estimate of drug-likeness (QED) is 0.584. The first-order valence-electron chi connectivity index (χ1n) is 2.71. The molecule has 1 aromatic heterocycles. The third-order valence-corrected chi connectivity index (χ3v) is 1.19. The Morgan fingerprint density at radius 2 is 2.60 bits per heavy atom. The Kier molecular flexibility index (Phi) is 2.22. The number of aromatic nitrogens is 1. The molecular weight excluding hydrogens is 150 g/mol. The van der Waals surface area contributed by atoms with Crippen molar-refractivity contribution in [2.45, 2.75) is 0 Å². The number of hydrogen-bond donors (Lipinski definition) is 2. The first-order chi connectivity index (χ1) is 4.83. The second-order valence-electron chi connectivity index (χ2n) is 1.54. The lowest BCUT2D eigenvalue weighted by molar-refractivity contribution is 0.579. The van der Waals surface area contributed by atoms with Crippen LogP contribution in [0, 0.1) is 0 Å². The summed E-state index contributed by atoms with van der Waals surface area (Å²) in [6.07, 6.45) is 3.02. The molecule has 1 rings (SSSR count). The molecule has 0 aliphatic rings. The molecule has 0 saturated carbocycles. The lowest BCUT2D eigenvalue weighted by atomic mass is 10.9. The first-order valence-corrected chi connectivity index (χ1v) is 3.12. The lowest BCUT2D eigenvalue weighted by Crippen LogP contribution is -2.24. The summed E-state index contributed by atoms with van der Waals surface area (Å²) in [5.41, 5.74) is 0. The van der Waals surface area contributed by atoms with Crippen molar-refractivity contribution in [1.29, 1.82) is 0 Å². The molecule has 0 atom stereocenters. The summed E-state index contributed by atoms with van der Waals surface area (Å²) < 4.78 is 4.86. The summed E-state index contributed by atoms with van der Waals surface area (Å²) in [6.45, 7) is 0. The summed E-state index contributed by atoms with van der Waals surface area (Å²) in [4.78, 5) is 3.80. The van der Waals surface area contributed by atoms with Gasteiger partial charge in [-0.2, -0.15) is 0 Å². The van der Waals surface area contributed by atoms with Crippen LogP contribution in [0.1, 0.15) is 0 Å². The van der Waals surface area contributed by atoms with E-state index in [9.17, 15) is 0 Å². The van der Waals surface area contributed by atoms with Gasteiger partial charge in [-0.05, 0) is 12.2 Å². The molecule has 0 aliphatic heterocycles. The van der Waals surface area contributed by atoms with Crippen LogP contribution >= 0.6 is 12.2 Å². The summed E-state index contributed by atoms with van der Waals surface area (Å²) in [5, 5.41) is 5.93. The number of rotatable bonds is 1. The van der Waals surface area contributed by atoms with Crippen molar-refractivity contribution in [2.75, 3.05) is 12.4 Å². The molecule has 0 bridgehead atoms. The molecule has 0 radical (unpaired) electrons. The Morgan fingerprint density at radius 1 is 1.80 bits per heavy atom. The zero-order valence-corrected chi connectivity index (χ0v) is 6.23. The van der Waals surface area contributed by atoms with Gasteiger partial charge in [-0.25, -0.2) is 4.98 Å². The van der Waals surface area contributed by atoms with Gasteiger partial charge in [-0.15, -0.1) is 0 Å². The maximum absolute atomic E-state index is 4.86. The molecule has 0 aromatic carbocycles. The van der Waals surface area contributed by atoms with Crippen LogP contribution in [0.2, 0.25) is 0 Å². The summed E-state index contributed by atoms with van der Waals surface area (Å²) in [5.74, 6) is 0. The van der Waals surface area contributed by atoms with Gasteiger partial charge in [-0.3, -0.25) is 5.32 Å². The molecule has 2 N–H and O–H groups in total. The van der Waals surface area contributed by atoms with Gasteiger partial charge >= 0.3 is 6.01 Å². The molecule has 10 heavy (non-hydrogen) atoms. The first kappa shape index (κ1) is 7.01. The highest BCUT2D eigenvalue weighted by Gasteiger charge is 1.96. The molecule has 1 aromatic rings. The van der Waals surface area contributed by atoms with Crippen LogP contribution in [-0.2, 0) is 0 Å².